The highest BCUT2D eigenvalue weighted by atomic mass is 16.6. The lowest BCUT2D eigenvalue weighted by atomic mass is 9.68. The van der Waals surface area contributed by atoms with Gasteiger partial charge < -0.3 is 39.6 Å². The highest BCUT2D eigenvalue weighted by molar-refractivity contribution is 5.92. The normalized spacial score (nSPS) is 26.3. The van der Waals surface area contributed by atoms with Gasteiger partial charge >= 0.3 is 12.2 Å². The average molecular weight is 626 g/mol. The van der Waals surface area contributed by atoms with Crippen molar-refractivity contribution < 1.29 is 42.9 Å². The SMILES string of the molecule is COC1C(OC(=O)N2CCC[C@H]2COC(=O)NC(=O)CN(C)CCNC(=O)CN)CC[C@]2(CO2)C1C(C)(C)OCC=C(C)C. The van der Waals surface area contributed by atoms with E-state index in [1.54, 1.807) is 24.0 Å². The number of ether oxygens (including phenoxy) is 5. The van der Waals surface area contributed by atoms with Crippen molar-refractivity contribution in [1.82, 2.24) is 20.4 Å². The number of hydrogen-bond donors (Lipinski definition) is 3. The Labute approximate surface area is 260 Å². The topological polar surface area (TPSA) is 174 Å². The zero-order chi connectivity index (χ0) is 32.5. The number of likely N-dealkylation sites (tertiary alicyclic amines) is 1. The maximum atomic E-state index is 13.4. The molecule has 14 nitrogen and oxygen atoms in total. The summed E-state index contributed by atoms with van der Waals surface area (Å²) in [6.45, 7) is 10.1. The van der Waals surface area contributed by atoms with Gasteiger partial charge in [0.25, 0.3) is 0 Å². The molecular weight excluding hydrogens is 574 g/mol. The Balaban J connectivity index is 1.50. The van der Waals surface area contributed by atoms with Gasteiger partial charge in [-0.3, -0.25) is 19.8 Å². The van der Waals surface area contributed by atoms with Gasteiger partial charge in [-0.25, -0.2) is 9.59 Å². The molecule has 0 bridgehead atoms. The minimum absolute atomic E-state index is 0.0678. The quantitative estimate of drug-likeness (QED) is 0.187. The smallest absolute Gasteiger partial charge is 0.413 e. The van der Waals surface area contributed by atoms with Gasteiger partial charge in [-0.1, -0.05) is 11.6 Å². The summed E-state index contributed by atoms with van der Waals surface area (Å²) in [5.41, 5.74) is 5.45. The number of nitrogens with zero attached hydrogens (tertiary/aromatic N) is 2. The predicted molar refractivity (Wildman–Crippen MR) is 161 cm³/mol. The third-order valence-electron chi connectivity index (χ3n) is 8.52. The molecule has 0 aromatic heterocycles. The molecule has 1 spiro atoms. The van der Waals surface area contributed by atoms with E-state index in [-0.39, 0.29) is 43.2 Å². The van der Waals surface area contributed by atoms with Gasteiger partial charge in [0.05, 0.1) is 43.5 Å². The molecule has 14 heteroatoms. The summed E-state index contributed by atoms with van der Waals surface area (Å²) in [5, 5.41) is 4.80. The number of nitrogens with one attached hydrogen (secondary N) is 2. The van der Waals surface area contributed by atoms with E-state index in [1.165, 1.54) is 5.57 Å². The van der Waals surface area contributed by atoms with E-state index in [1.807, 2.05) is 33.8 Å². The molecule has 5 atom stereocenters. The van der Waals surface area contributed by atoms with Crippen LogP contribution in [0.5, 0.6) is 0 Å². The number of carbonyl (C=O) groups excluding carboxylic acids is 4. The molecule has 44 heavy (non-hydrogen) atoms. The van der Waals surface area contributed by atoms with E-state index in [0.717, 1.165) is 12.8 Å². The van der Waals surface area contributed by atoms with Gasteiger partial charge in [0, 0.05) is 32.7 Å². The number of allylic oxidation sites excluding steroid dienone is 1. The number of amides is 4. The van der Waals surface area contributed by atoms with Crippen molar-refractivity contribution >= 4 is 24.0 Å². The van der Waals surface area contributed by atoms with E-state index in [9.17, 15) is 19.2 Å². The molecule has 3 aliphatic rings. The summed E-state index contributed by atoms with van der Waals surface area (Å²) in [6.07, 6.45) is 2.42. The predicted octanol–water partition coefficient (Wildman–Crippen LogP) is 1.17. The zero-order valence-electron chi connectivity index (χ0n) is 27.0. The molecular formula is C30H51N5O9. The summed E-state index contributed by atoms with van der Waals surface area (Å²) in [7, 11) is 3.30. The minimum Gasteiger partial charge on any atom is -0.447 e. The molecule has 4 N–H and O–H groups in total. The van der Waals surface area contributed by atoms with Crippen LogP contribution in [0.15, 0.2) is 11.6 Å². The van der Waals surface area contributed by atoms with Gasteiger partial charge in [0.1, 0.15) is 18.8 Å². The molecule has 4 amide bonds. The highest BCUT2D eigenvalue weighted by Gasteiger charge is 2.64. The van der Waals surface area contributed by atoms with Crippen molar-refractivity contribution in [3.63, 3.8) is 0 Å². The van der Waals surface area contributed by atoms with Crippen LogP contribution in [0, 0.1) is 5.92 Å². The zero-order valence-corrected chi connectivity index (χ0v) is 27.0. The number of likely N-dealkylation sites (N-methyl/N-ethyl adjacent to an activating group) is 1. The Bertz CT molecular complexity index is 1040. The van der Waals surface area contributed by atoms with Crippen LogP contribution in [0.2, 0.25) is 0 Å². The first-order chi connectivity index (χ1) is 20.8. The third kappa shape index (κ3) is 9.86. The molecule has 2 saturated heterocycles. The van der Waals surface area contributed by atoms with Crippen LogP contribution in [-0.4, -0.2) is 130 Å². The second-order valence-electron chi connectivity index (χ2n) is 12.6. The summed E-state index contributed by atoms with van der Waals surface area (Å²) in [6, 6.07) is -0.375. The van der Waals surface area contributed by atoms with Crippen molar-refractivity contribution in [2.75, 3.05) is 66.7 Å². The first-order valence-electron chi connectivity index (χ1n) is 15.3. The monoisotopic (exact) mass is 625 g/mol. The van der Waals surface area contributed by atoms with Crippen molar-refractivity contribution in [1.29, 1.82) is 0 Å². The fourth-order valence-corrected chi connectivity index (χ4v) is 6.18. The highest BCUT2D eigenvalue weighted by Crippen LogP contribution is 2.52. The number of carbonyl (C=O) groups is 4. The van der Waals surface area contributed by atoms with Gasteiger partial charge in [0.2, 0.25) is 11.8 Å². The van der Waals surface area contributed by atoms with E-state index < -0.39 is 35.9 Å². The van der Waals surface area contributed by atoms with Crippen molar-refractivity contribution in [2.45, 2.75) is 82.8 Å². The van der Waals surface area contributed by atoms with Crippen LogP contribution in [-0.2, 0) is 33.3 Å². The van der Waals surface area contributed by atoms with Gasteiger partial charge in [-0.05, 0) is 60.4 Å². The summed E-state index contributed by atoms with van der Waals surface area (Å²) >= 11 is 0. The summed E-state index contributed by atoms with van der Waals surface area (Å²) in [5.74, 6) is -0.990. The maximum absolute atomic E-state index is 13.4. The molecule has 2 aliphatic heterocycles. The number of epoxide rings is 1. The molecule has 1 saturated carbocycles. The van der Waals surface area contributed by atoms with Crippen LogP contribution in [0.1, 0.15) is 53.4 Å². The van der Waals surface area contributed by atoms with Crippen molar-refractivity contribution in [2.24, 2.45) is 11.7 Å². The molecule has 2 heterocycles. The Morgan fingerprint density at radius 2 is 1.91 bits per heavy atom. The van der Waals surface area contributed by atoms with Gasteiger partial charge in [-0.2, -0.15) is 0 Å². The van der Waals surface area contributed by atoms with Crippen LogP contribution in [0.4, 0.5) is 9.59 Å². The molecule has 3 fully saturated rings. The summed E-state index contributed by atoms with van der Waals surface area (Å²) in [4.78, 5) is 52.3. The number of rotatable bonds is 14. The Hall–Kier alpha value is -2.78. The number of imide groups is 1. The molecule has 3 rings (SSSR count). The van der Waals surface area contributed by atoms with Gasteiger partial charge in [-0.15, -0.1) is 0 Å². The number of methoxy groups -OCH3 is 1. The molecule has 0 aromatic carbocycles. The average Bonchev–Trinajstić information content (AvgIpc) is 3.54. The van der Waals surface area contributed by atoms with E-state index in [4.69, 9.17) is 29.4 Å². The first-order valence-corrected chi connectivity index (χ1v) is 15.3. The largest absolute Gasteiger partial charge is 0.447 e. The molecule has 250 valence electrons. The van der Waals surface area contributed by atoms with Crippen LogP contribution >= 0.6 is 0 Å². The molecule has 0 aromatic rings. The van der Waals surface area contributed by atoms with Crippen LogP contribution < -0.4 is 16.4 Å². The van der Waals surface area contributed by atoms with E-state index in [0.29, 0.717) is 45.7 Å². The van der Waals surface area contributed by atoms with E-state index in [2.05, 4.69) is 10.6 Å². The number of hydrogen-bond acceptors (Lipinski definition) is 11. The van der Waals surface area contributed by atoms with Crippen LogP contribution in [0.25, 0.3) is 0 Å². The molecule has 3 unspecified atom stereocenters. The lowest BCUT2D eigenvalue weighted by Gasteiger charge is -2.47. The molecule has 1 aliphatic carbocycles. The fourth-order valence-electron chi connectivity index (χ4n) is 6.18. The summed E-state index contributed by atoms with van der Waals surface area (Å²) < 4.78 is 29.6. The van der Waals surface area contributed by atoms with E-state index >= 15 is 0 Å². The number of alkyl carbamates (subject to hydrolysis) is 1. The third-order valence-corrected chi connectivity index (χ3v) is 8.52. The van der Waals surface area contributed by atoms with Crippen LogP contribution in [0.3, 0.4) is 0 Å². The second kappa shape index (κ2) is 16.0. The fraction of sp³-hybridized carbons (Fsp3) is 0.800. The maximum Gasteiger partial charge on any atom is 0.413 e. The second-order valence-corrected chi connectivity index (χ2v) is 12.6. The minimum atomic E-state index is -0.889. The Kier molecular flexibility index (Phi) is 13.0. The lowest BCUT2D eigenvalue weighted by Crippen LogP contribution is -2.59. The van der Waals surface area contributed by atoms with Crippen molar-refractivity contribution in [3.8, 4) is 0 Å². The molecule has 0 radical (unpaired) electrons. The van der Waals surface area contributed by atoms with Gasteiger partial charge in [0.15, 0.2) is 0 Å². The lowest BCUT2D eigenvalue weighted by molar-refractivity contribution is -0.174. The standard InChI is InChI=1S/C30H51N5O9/c1-20(2)10-15-42-29(3,4)26-25(40-6)22(9-11-30(26)19-43-30)44-28(39)35-13-7-8-21(35)18-41-27(38)33-24(37)17-34(5)14-12-32-23(36)16-31/h10,21-22,25-26H,7-9,11-19,31H2,1-6H3,(H,32,36)(H,33,37,38)/t21-,22?,25?,26?,30-/m0/s1. The number of nitrogens with two attached hydrogens (primary N) is 1. The van der Waals surface area contributed by atoms with Crippen molar-refractivity contribution in [3.05, 3.63) is 11.6 Å². The first kappa shape index (κ1) is 35.7. The Morgan fingerprint density at radius 3 is 2.55 bits per heavy atom. The Morgan fingerprint density at radius 1 is 1.18 bits per heavy atom.